The Morgan fingerprint density at radius 1 is 1.24 bits per heavy atom. The number of carbonyl (C=O) groups is 2. The Hall–Kier alpha value is -3.43. The van der Waals surface area contributed by atoms with Crippen LogP contribution in [0, 0.1) is 6.92 Å². The van der Waals surface area contributed by atoms with E-state index in [0.29, 0.717) is 11.3 Å². The van der Waals surface area contributed by atoms with Crippen LogP contribution in [0.5, 0.6) is 0 Å². The molecule has 2 N–H and O–H groups in total. The summed E-state index contributed by atoms with van der Waals surface area (Å²) in [6.45, 7) is 6.71. The first-order valence-electron chi connectivity index (χ1n) is 8.91. The first-order chi connectivity index (χ1) is 13.4. The van der Waals surface area contributed by atoms with Gasteiger partial charge >= 0.3 is 17.8 Å². The summed E-state index contributed by atoms with van der Waals surface area (Å²) in [6, 6.07) is 4.24. The van der Waals surface area contributed by atoms with Crippen LogP contribution in [-0.2, 0) is 23.0 Å². The highest BCUT2D eigenvalue weighted by Crippen LogP contribution is 2.18. The maximum Gasteiger partial charge on any atom is 0.413 e. The molecule has 10 heteroatoms. The van der Waals surface area contributed by atoms with Crippen LogP contribution in [0.15, 0.2) is 27.8 Å². The van der Waals surface area contributed by atoms with E-state index in [1.807, 2.05) is 0 Å². The molecule has 10 nitrogen and oxygen atoms in total. The summed E-state index contributed by atoms with van der Waals surface area (Å²) < 4.78 is 7.37. The molecule has 0 saturated carbocycles. The summed E-state index contributed by atoms with van der Waals surface area (Å²) in [5.74, 6) is -0.992. The second kappa shape index (κ2) is 8.29. The monoisotopic (exact) mass is 404 g/mol. The fourth-order valence-corrected chi connectivity index (χ4v) is 2.50. The second-order valence-corrected chi connectivity index (χ2v) is 7.50. The van der Waals surface area contributed by atoms with Gasteiger partial charge in [0, 0.05) is 25.2 Å². The average Bonchev–Trinajstić information content (AvgIpc) is 2.57. The van der Waals surface area contributed by atoms with Gasteiger partial charge in [-0.15, -0.1) is 0 Å². The number of carbonyl (C=O) groups excluding carboxylic acids is 1. The van der Waals surface area contributed by atoms with Gasteiger partial charge in [-0.2, -0.15) is 0 Å². The van der Waals surface area contributed by atoms with E-state index in [2.05, 4.69) is 10.3 Å². The molecule has 0 fully saturated rings. The molecule has 2 heterocycles. The van der Waals surface area contributed by atoms with Gasteiger partial charge in [0.1, 0.15) is 17.2 Å². The number of pyridine rings is 1. The van der Waals surface area contributed by atoms with Gasteiger partial charge in [-0.1, -0.05) is 6.07 Å². The van der Waals surface area contributed by atoms with Crippen molar-refractivity contribution in [1.29, 1.82) is 0 Å². The maximum atomic E-state index is 12.5. The van der Waals surface area contributed by atoms with E-state index in [-0.39, 0.29) is 24.5 Å². The van der Waals surface area contributed by atoms with Crippen molar-refractivity contribution in [3.63, 3.8) is 0 Å². The molecule has 0 radical (unpaired) electrons. The zero-order valence-corrected chi connectivity index (χ0v) is 17.0. The number of hydrogen-bond acceptors (Lipinski definition) is 6. The molecular formula is C19H24N4O6. The molecule has 0 atom stereocenters. The van der Waals surface area contributed by atoms with Crippen molar-refractivity contribution in [2.24, 2.45) is 7.05 Å². The minimum absolute atomic E-state index is 0.000679. The Morgan fingerprint density at radius 3 is 2.48 bits per heavy atom. The molecule has 0 aliphatic carbocycles. The Balaban J connectivity index is 2.54. The van der Waals surface area contributed by atoms with Gasteiger partial charge < -0.3 is 14.4 Å². The van der Waals surface area contributed by atoms with Gasteiger partial charge in [0.15, 0.2) is 0 Å². The van der Waals surface area contributed by atoms with E-state index in [1.54, 1.807) is 27.7 Å². The van der Waals surface area contributed by atoms with Crippen molar-refractivity contribution in [3.8, 4) is 5.82 Å². The van der Waals surface area contributed by atoms with Gasteiger partial charge in [-0.05, 0) is 45.7 Å². The normalized spacial score (nSPS) is 11.2. The van der Waals surface area contributed by atoms with Gasteiger partial charge in [0.2, 0.25) is 0 Å². The molecule has 156 valence electrons. The predicted octanol–water partition coefficient (Wildman–Crippen LogP) is 1.60. The van der Waals surface area contributed by atoms with Crippen molar-refractivity contribution in [1.82, 2.24) is 14.1 Å². The Morgan fingerprint density at radius 2 is 1.90 bits per heavy atom. The third-order valence-corrected chi connectivity index (χ3v) is 3.98. The number of nitrogens with zero attached hydrogens (tertiary/aromatic N) is 3. The second-order valence-electron chi connectivity index (χ2n) is 7.50. The number of aliphatic carboxylic acids is 1. The van der Waals surface area contributed by atoms with E-state index in [9.17, 15) is 19.2 Å². The van der Waals surface area contributed by atoms with E-state index in [0.717, 1.165) is 4.57 Å². The lowest BCUT2D eigenvalue weighted by Crippen LogP contribution is -2.38. The number of carboxylic acids is 1. The number of nitrogens with one attached hydrogen (secondary N) is 1. The first kappa shape index (κ1) is 21.9. The lowest BCUT2D eigenvalue weighted by atomic mass is 10.1. The summed E-state index contributed by atoms with van der Waals surface area (Å²) in [4.78, 5) is 52.2. The number of hydrogen-bond donors (Lipinski definition) is 2. The van der Waals surface area contributed by atoms with Gasteiger partial charge in [-0.25, -0.2) is 19.1 Å². The Bertz CT molecular complexity index is 1060. The summed E-state index contributed by atoms with van der Waals surface area (Å²) in [5, 5.41) is 11.4. The smallest absolute Gasteiger partial charge is 0.413 e. The molecule has 0 aliphatic heterocycles. The number of anilines is 1. The first-order valence-corrected chi connectivity index (χ1v) is 8.91. The predicted molar refractivity (Wildman–Crippen MR) is 106 cm³/mol. The van der Waals surface area contributed by atoms with Crippen molar-refractivity contribution in [3.05, 3.63) is 50.3 Å². The molecular weight excluding hydrogens is 380 g/mol. The minimum Gasteiger partial charge on any atom is -0.481 e. The Kier molecular flexibility index (Phi) is 6.25. The van der Waals surface area contributed by atoms with Crippen LogP contribution in [0.4, 0.5) is 10.6 Å². The largest absolute Gasteiger partial charge is 0.481 e. The standard InChI is InChI=1S/C19H24N4O6/c1-11-10-14(24)23(18(28)22(11)5)13-8-6-12(7-9-15(25)26)16(20-13)21-17(27)29-19(2,3)4/h6,8,10H,7,9H2,1-5H3,(H,25,26)(H,20,21,27). The number of aryl methyl sites for hydroxylation is 2. The van der Waals surface area contributed by atoms with Crippen LogP contribution in [0.1, 0.15) is 38.4 Å². The molecule has 2 aromatic rings. The SMILES string of the molecule is Cc1cc(=O)n(-c2ccc(CCC(=O)O)c(NC(=O)OC(C)(C)C)n2)c(=O)n1C. The van der Waals surface area contributed by atoms with E-state index < -0.39 is 28.9 Å². The van der Waals surface area contributed by atoms with Gasteiger partial charge in [-0.3, -0.25) is 14.9 Å². The van der Waals surface area contributed by atoms with Crippen molar-refractivity contribution < 1.29 is 19.4 Å². The molecule has 2 aromatic heterocycles. The zero-order chi connectivity index (χ0) is 21.9. The topological polar surface area (TPSA) is 133 Å². The fraction of sp³-hybridized carbons (Fsp3) is 0.421. The molecule has 0 unspecified atom stereocenters. The quantitative estimate of drug-likeness (QED) is 0.773. The van der Waals surface area contributed by atoms with Crippen molar-refractivity contribution >= 4 is 17.9 Å². The van der Waals surface area contributed by atoms with Crippen LogP contribution in [0.3, 0.4) is 0 Å². The van der Waals surface area contributed by atoms with Crippen molar-refractivity contribution in [2.75, 3.05) is 5.32 Å². The van der Waals surface area contributed by atoms with Crippen LogP contribution in [0.2, 0.25) is 0 Å². The number of amides is 1. The Labute approximate surface area is 166 Å². The minimum atomic E-state index is -1.01. The van der Waals surface area contributed by atoms with E-state index >= 15 is 0 Å². The van der Waals surface area contributed by atoms with Crippen LogP contribution >= 0.6 is 0 Å². The molecule has 2 rings (SSSR count). The molecule has 0 saturated heterocycles. The molecule has 0 aromatic carbocycles. The van der Waals surface area contributed by atoms with Gasteiger partial charge in [0.25, 0.3) is 5.56 Å². The number of rotatable bonds is 5. The molecule has 29 heavy (non-hydrogen) atoms. The maximum absolute atomic E-state index is 12.5. The lowest BCUT2D eigenvalue weighted by Gasteiger charge is -2.20. The summed E-state index contributed by atoms with van der Waals surface area (Å²) >= 11 is 0. The van der Waals surface area contributed by atoms with Crippen LogP contribution in [0.25, 0.3) is 5.82 Å². The van der Waals surface area contributed by atoms with Crippen LogP contribution < -0.4 is 16.6 Å². The molecule has 1 amide bonds. The lowest BCUT2D eigenvalue weighted by molar-refractivity contribution is -0.136. The number of aromatic nitrogens is 3. The number of carboxylic acid groups (broad SMARTS) is 1. The average molecular weight is 404 g/mol. The summed E-state index contributed by atoms with van der Waals surface area (Å²) in [5.41, 5.74) is -1.00. The third-order valence-electron chi connectivity index (χ3n) is 3.98. The van der Waals surface area contributed by atoms with E-state index in [1.165, 1.54) is 29.8 Å². The third kappa shape index (κ3) is 5.53. The summed E-state index contributed by atoms with van der Waals surface area (Å²) in [7, 11) is 1.52. The van der Waals surface area contributed by atoms with Gasteiger partial charge in [0.05, 0.1) is 0 Å². The highest BCUT2D eigenvalue weighted by atomic mass is 16.6. The fourth-order valence-electron chi connectivity index (χ4n) is 2.50. The van der Waals surface area contributed by atoms with Crippen molar-refractivity contribution in [2.45, 2.75) is 46.1 Å². The highest BCUT2D eigenvalue weighted by Gasteiger charge is 2.19. The van der Waals surface area contributed by atoms with Crippen LogP contribution in [-0.4, -0.2) is 36.9 Å². The zero-order valence-electron chi connectivity index (χ0n) is 17.0. The van der Waals surface area contributed by atoms with E-state index in [4.69, 9.17) is 9.84 Å². The molecule has 0 spiro atoms. The number of ether oxygens (including phenoxy) is 1. The molecule has 0 bridgehead atoms. The highest BCUT2D eigenvalue weighted by molar-refractivity contribution is 5.85. The molecule has 0 aliphatic rings. The summed E-state index contributed by atoms with van der Waals surface area (Å²) in [6.07, 6.45) is -0.881.